The molecule has 0 heterocycles. The summed E-state index contributed by atoms with van der Waals surface area (Å²) in [7, 11) is 0. The molecule has 0 aliphatic heterocycles. The maximum absolute atomic E-state index is 8.87. The van der Waals surface area contributed by atoms with Crippen molar-refractivity contribution in [1.29, 1.82) is 0 Å². The van der Waals surface area contributed by atoms with Gasteiger partial charge in [0, 0.05) is 6.95 Å². The van der Waals surface area contributed by atoms with Crippen molar-refractivity contribution in [2.24, 2.45) is 0 Å². The van der Waals surface area contributed by atoms with Gasteiger partial charge in [0.25, 0.3) is 0 Å². The molecule has 9 heavy (non-hydrogen) atoms. The molecule has 0 saturated heterocycles. The molecule has 0 saturated carbocycles. The molecule has 0 radical (unpaired) electrons. The van der Waals surface area contributed by atoms with E-state index in [1.165, 1.54) is 0 Å². The maximum Gasteiger partial charge on any atom is 2.00 e. The average molecular weight is 410 g/mol. The van der Waals surface area contributed by atoms with Crippen molar-refractivity contribution in [3.05, 3.63) is 0 Å². The van der Waals surface area contributed by atoms with Crippen LogP contribution >= 0.6 is 18.2 Å². The summed E-state index contributed by atoms with van der Waals surface area (Å²) >= 11 is 3.97. The third kappa shape index (κ3) is 58.9. The normalized spacial score (nSPS) is 6.56. The van der Waals surface area contributed by atoms with Gasteiger partial charge in [-0.25, -0.2) is 0 Å². The fourth-order valence-corrected chi connectivity index (χ4v) is 0. The van der Waals surface area contributed by atoms with E-state index in [-0.39, 0.29) is 164 Å². The van der Waals surface area contributed by atoms with E-state index < -0.39 is 6.95 Å². The molecule has 0 spiro atoms. The number of hydrogen-bond acceptors (Lipinski definition) is 3. The van der Waals surface area contributed by atoms with Crippen LogP contribution in [0.2, 0.25) is 0 Å². The van der Waals surface area contributed by atoms with Gasteiger partial charge < -0.3 is 22.9 Å². The van der Waals surface area contributed by atoms with Crippen LogP contribution in [0.15, 0.2) is 0 Å². The summed E-state index contributed by atoms with van der Waals surface area (Å²) in [6, 6.07) is 0. The molecule has 0 unspecified atom stereocenters. The van der Waals surface area contributed by atoms with E-state index in [0.29, 0.717) is 0 Å². The average Bonchev–Trinajstić information content (AvgIpc) is 0.722. The van der Waals surface area contributed by atoms with E-state index in [4.69, 9.17) is 14.4 Å². The molecule has 0 amide bonds. The van der Waals surface area contributed by atoms with Gasteiger partial charge in [-0.2, -0.15) is 0 Å². The molecule has 44 valence electrons. The van der Waals surface area contributed by atoms with Gasteiger partial charge in [0.1, 0.15) is 0 Å². The SMILES string of the molecule is O=P([O-])([O-])Cl.[Ba+2].[Ca+2].[H-].[H-].[H-].[H-].[H-].[H-].[Mg+2].[Sr+2]. The van der Waals surface area contributed by atoms with E-state index in [0.717, 1.165) is 0 Å². The minimum Gasteiger partial charge on any atom is -1.00 e. The molecular weight excluding hydrogens is 404 g/mol. The Morgan fingerprint density at radius 3 is 1.44 bits per heavy atom. The second kappa shape index (κ2) is 16.0. The van der Waals surface area contributed by atoms with Gasteiger partial charge in [-0.3, -0.25) is 0 Å². The predicted octanol–water partition coefficient (Wildman–Crippen LogP) is -1.79. The summed E-state index contributed by atoms with van der Waals surface area (Å²) in [6.07, 6.45) is 0. The molecule has 0 aliphatic rings. The predicted molar refractivity (Wildman–Crippen MR) is 43.1 cm³/mol. The zero-order valence-corrected chi connectivity index (χ0v) is 18.1. The molecule has 0 rings (SSSR count). The van der Waals surface area contributed by atoms with Gasteiger partial charge in [-0.05, 0) is 0 Å². The molecule has 0 atom stereocenters. The fourth-order valence-electron chi connectivity index (χ4n) is 0. The quantitative estimate of drug-likeness (QED) is 0.350. The van der Waals surface area contributed by atoms with Gasteiger partial charge in [0.15, 0.2) is 0 Å². The van der Waals surface area contributed by atoms with Crippen molar-refractivity contribution in [3.8, 4) is 0 Å². The van der Waals surface area contributed by atoms with Crippen LogP contribution in [-0.4, -0.2) is 155 Å². The Balaban J connectivity index is -0.00000000178. The van der Waals surface area contributed by atoms with E-state index in [9.17, 15) is 0 Å². The summed E-state index contributed by atoms with van der Waals surface area (Å²) in [6.45, 7) is -4.67. The van der Waals surface area contributed by atoms with Crippen LogP contribution in [0.4, 0.5) is 0 Å². The number of hydrogen-bond donors (Lipinski definition) is 0. The molecule has 9 heteroatoms. The van der Waals surface area contributed by atoms with Crippen LogP contribution in [0.1, 0.15) is 8.56 Å². The molecule has 0 aromatic carbocycles. The molecule has 0 N–H and O–H groups in total. The van der Waals surface area contributed by atoms with Crippen LogP contribution in [0.25, 0.3) is 0 Å². The zero-order valence-electron chi connectivity index (χ0n) is 10.9. The van der Waals surface area contributed by atoms with E-state index >= 15 is 0 Å². The van der Waals surface area contributed by atoms with Crippen molar-refractivity contribution in [2.45, 2.75) is 0 Å². The number of halogens is 1. The first-order valence-electron chi connectivity index (χ1n) is 0.717. The topological polar surface area (TPSA) is 63.2 Å². The summed E-state index contributed by atoms with van der Waals surface area (Å²) in [5.74, 6) is 0. The first-order chi connectivity index (χ1) is 2.00. The van der Waals surface area contributed by atoms with Crippen LogP contribution in [0.5, 0.6) is 0 Å². The zero-order chi connectivity index (χ0) is 4.50. The Hall–Kier alpha value is 5.52. The smallest absolute Gasteiger partial charge is 1.00 e. The molecule has 0 aromatic rings. The monoisotopic (exact) mass is 410 g/mol. The summed E-state index contributed by atoms with van der Waals surface area (Å²) < 4.78 is 8.87. The van der Waals surface area contributed by atoms with Gasteiger partial charge >= 0.3 is 155 Å². The van der Waals surface area contributed by atoms with Crippen molar-refractivity contribution in [3.63, 3.8) is 0 Å². The van der Waals surface area contributed by atoms with Crippen molar-refractivity contribution in [1.82, 2.24) is 0 Å². The third-order valence-corrected chi connectivity index (χ3v) is 0. The fraction of sp³-hybridized carbons (Fsp3) is 0. The van der Waals surface area contributed by atoms with Crippen molar-refractivity contribution < 1.29 is 22.9 Å². The van der Waals surface area contributed by atoms with E-state index in [1.54, 1.807) is 0 Å². The maximum atomic E-state index is 8.87. The van der Waals surface area contributed by atoms with Crippen LogP contribution in [0.3, 0.4) is 0 Å². The molecule has 0 aromatic heterocycles. The summed E-state index contributed by atoms with van der Waals surface area (Å²) in [5, 5.41) is 0. The molecule has 0 fully saturated rings. The number of rotatable bonds is 0. The minimum atomic E-state index is -4.67. The molecule has 3 nitrogen and oxygen atoms in total. The van der Waals surface area contributed by atoms with E-state index in [1.807, 2.05) is 0 Å². The van der Waals surface area contributed by atoms with Crippen LogP contribution in [0, 0.1) is 0 Å². The van der Waals surface area contributed by atoms with E-state index in [2.05, 4.69) is 11.2 Å². The second-order valence-electron chi connectivity index (χ2n) is 0.431. The Morgan fingerprint density at radius 2 is 1.44 bits per heavy atom. The minimum absolute atomic E-state index is 0. The van der Waals surface area contributed by atoms with Gasteiger partial charge in [0.05, 0.1) is 0 Å². The molecular formula is H6BaCaClMgO3PSr. The Kier molecular flexibility index (Phi) is 52.0. The first-order valence-corrected chi connectivity index (χ1v) is 3.16. The largest absolute Gasteiger partial charge is 2.00 e. The van der Waals surface area contributed by atoms with Crippen LogP contribution < -0.4 is 9.79 Å². The van der Waals surface area contributed by atoms with Gasteiger partial charge in [0.2, 0.25) is 0 Å². The Labute approximate surface area is 191 Å². The second-order valence-corrected chi connectivity index (χ2v) is 2.53. The first kappa shape index (κ1) is 29.3. The Morgan fingerprint density at radius 1 is 1.44 bits per heavy atom. The van der Waals surface area contributed by atoms with Crippen LogP contribution in [-0.2, 0) is 4.57 Å². The van der Waals surface area contributed by atoms with Gasteiger partial charge in [-0.15, -0.1) is 0 Å². The standard InChI is InChI=1S/Ba.Ca.ClH2O3P.Mg.Sr.6H/c;;1-5(2,3)4;;;;;;;;/h;;(H2,2,3,4);;;;;;;;/q2*+2;;2*+2;6*-1/p-2. The van der Waals surface area contributed by atoms with Crippen molar-refractivity contribution >= 4 is 173 Å². The molecule has 0 aliphatic carbocycles. The third-order valence-electron chi connectivity index (χ3n) is 0. The summed E-state index contributed by atoms with van der Waals surface area (Å²) in [4.78, 5) is 17.7. The molecule has 0 bridgehead atoms. The summed E-state index contributed by atoms with van der Waals surface area (Å²) in [5.41, 5.74) is 0. The van der Waals surface area contributed by atoms with Crippen molar-refractivity contribution in [2.75, 3.05) is 0 Å². The van der Waals surface area contributed by atoms with Gasteiger partial charge in [-0.1, -0.05) is 11.2 Å². The Bertz CT molecular complexity index is 84.5.